The lowest BCUT2D eigenvalue weighted by Gasteiger charge is -2.33. The zero-order valence-corrected chi connectivity index (χ0v) is 22.1. The molecule has 3 aromatic rings. The van der Waals surface area contributed by atoms with Gasteiger partial charge in [-0.15, -0.1) is 0 Å². The SMILES string of the molecule is COc1cc2c(cc1S(=O)(=O)c1ccc(N3CCC(Oc4ccc(F)cc4)CC3)cc1)CCN(C)CC2. The predicted molar refractivity (Wildman–Crippen MR) is 142 cm³/mol. The van der Waals surface area contributed by atoms with Gasteiger partial charge < -0.3 is 19.3 Å². The number of anilines is 1. The number of fused-ring (bicyclic) bond motifs is 1. The largest absolute Gasteiger partial charge is 0.495 e. The van der Waals surface area contributed by atoms with Crippen molar-refractivity contribution in [2.45, 2.75) is 41.6 Å². The topological polar surface area (TPSA) is 59.1 Å². The fourth-order valence-electron chi connectivity index (χ4n) is 5.11. The van der Waals surface area contributed by atoms with E-state index < -0.39 is 9.84 Å². The van der Waals surface area contributed by atoms with Gasteiger partial charge in [-0.2, -0.15) is 0 Å². The smallest absolute Gasteiger partial charge is 0.210 e. The minimum Gasteiger partial charge on any atom is -0.495 e. The van der Waals surface area contributed by atoms with E-state index >= 15 is 0 Å². The molecule has 0 bridgehead atoms. The Morgan fingerprint density at radius 3 is 2.11 bits per heavy atom. The number of benzene rings is 3. The Balaban J connectivity index is 1.29. The third-order valence-electron chi connectivity index (χ3n) is 7.37. The van der Waals surface area contributed by atoms with Crippen LogP contribution in [0.1, 0.15) is 24.0 Å². The van der Waals surface area contributed by atoms with Crippen LogP contribution >= 0.6 is 0 Å². The second-order valence-electron chi connectivity index (χ2n) is 9.83. The van der Waals surface area contributed by atoms with Crippen molar-refractivity contribution < 1.29 is 22.3 Å². The molecule has 0 saturated carbocycles. The van der Waals surface area contributed by atoms with Crippen molar-refractivity contribution >= 4 is 15.5 Å². The Kier molecular flexibility index (Phi) is 7.40. The fraction of sp³-hybridized carbons (Fsp3) is 0.379. The van der Waals surface area contributed by atoms with Crippen LogP contribution < -0.4 is 14.4 Å². The Labute approximate surface area is 218 Å². The summed E-state index contributed by atoms with van der Waals surface area (Å²) in [5.41, 5.74) is 3.21. The highest BCUT2D eigenvalue weighted by Crippen LogP contribution is 2.34. The molecule has 0 atom stereocenters. The maximum atomic E-state index is 13.6. The van der Waals surface area contributed by atoms with Gasteiger partial charge in [0, 0.05) is 44.7 Å². The molecule has 2 aliphatic heterocycles. The number of likely N-dealkylation sites (N-methyl/N-ethyl adjacent to an activating group) is 1. The van der Waals surface area contributed by atoms with Crippen LogP contribution in [0.4, 0.5) is 10.1 Å². The number of methoxy groups -OCH3 is 1. The van der Waals surface area contributed by atoms with Crippen molar-refractivity contribution in [3.05, 3.63) is 77.6 Å². The third-order valence-corrected chi connectivity index (χ3v) is 9.16. The molecular weight excluding hydrogens is 491 g/mol. The van der Waals surface area contributed by atoms with Crippen LogP contribution in [0.25, 0.3) is 0 Å². The standard InChI is InChI=1S/C29H33FN2O4S/c1-31-15-11-21-19-28(35-2)29(20-22(21)12-16-31)37(33,34)27-9-5-24(6-10-27)32-17-13-26(14-18-32)36-25-7-3-23(30)4-8-25/h3-10,19-20,26H,11-18H2,1-2H3. The molecule has 2 aliphatic rings. The quantitative estimate of drug-likeness (QED) is 0.464. The predicted octanol–water partition coefficient (Wildman–Crippen LogP) is 4.75. The number of hydrogen-bond donors (Lipinski definition) is 0. The molecule has 0 aromatic heterocycles. The van der Waals surface area contributed by atoms with E-state index in [1.165, 1.54) is 19.2 Å². The zero-order valence-electron chi connectivity index (χ0n) is 21.3. The van der Waals surface area contributed by atoms with Crippen LogP contribution in [0.5, 0.6) is 11.5 Å². The van der Waals surface area contributed by atoms with Gasteiger partial charge in [-0.05, 0) is 91.7 Å². The van der Waals surface area contributed by atoms with E-state index in [0.29, 0.717) is 11.5 Å². The molecule has 3 aromatic carbocycles. The minimum absolute atomic E-state index is 0.0711. The molecule has 0 aliphatic carbocycles. The van der Waals surface area contributed by atoms with E-state index in [1.54, 1.807) is 24.3 Å². The number of nitrogens with zero attached hydrogens (tertiary/aromatic N) is 2. The highest BCUT2D eigenvalue weighted by Gasteiger charge is 2.26. The summed E-state index contributed by atoms with van der Waals surface area (Å²) in [7, 11) is -0.128. The van der Waals surface area contributed by atoms with Crippen LogP contribution in [0, 0.1) is 5.82 Å². The van der Waals surface area contributed by atoms with Gasteiger partial charge in [0.25, 0.3) is 0 Å². The van der Waals surface area contributed by atoms with Gasteiger partial charge in [-0.1, -0.05) is 0 Å². The molecule has 0 unspecified atom stereocenters. The van der Waals surface area contributed by atoms with Gasteiger partial charge in [-0.3, -0.25) is 0 Å². The lowest BCUT2D eigenvalue weighted by molar-refractivity contribution is 0.171. The lowest BCUT2D eigenvalue weighted by Crippen LogP contribution is -2.38. The molecule has 1 saturated heterocycles. The first-order chi connectivity index (χ1) is 17.8. The fourth-order valence-corrected chi connectivity index (χ4v) is 6.57. The van der Waals surface area contributed by atoms with Crippen LogP contribution in [0.15, 0.2) is 70.5 Å². The first kappa shape index (κ1) is 25.5. The second-order valence-corrected chi connectivity index (χ2v) is 11.7. The van der Waals surface area contributed by atoms with Gasteiger partial charge in [0.15, 0.2) is 0 Å². The summed E-state index contributed by atoms with van der Waals surface area (Å²) in [5.74, 6) is 0.797. The number of piperidine rings is 1. The summed E-state index contributed by atoms with van der Waals surface area (Å²) in [6.07, 6.45) is 3.43. The number of sulfone groups is 1. The van der Waals surface area contributed by atoms with E-state index in [9.17, 15) is 12.8 Å². The van der Waals surface area contributed by atoms with E-state index in [4.69, 9.17) is 9.47 Å². The molecule has 5 rings (SSSR count). The minimum atomic E-state index is -3.74. The number of halogens is 1. The average Bonchev–Trinajstić information content (AvgIpc) is 3.10. The lowest BCUT2D eigenvalue weighted by atomic mass is 10.0. The second kappa shape index (κ2) is 10.7. The normalized spacial score (nSPS) is 17.2. The maximum absolute atomic E-state index is 13.6. The molecule has 196 valence electrons. The van der Waals surface area contributed by atoms with E-state index in [1.807, 2.05) is 24.3 Å². The summed E-state index contributed by atoms with van der Waals surface area (Å²) >= 11 is 0. The van der Waals surface area contributed by atoms with E-state index in [-0.39, 0.29) is 21.7 Å². The monoisotopic (exact) mass is 524 g/mol. The van der Waals surface area contributed by atoms with Crippen molar-refractivity contribution in [2.75, 3.05) is 45.2 Å². The van der Waals surface area contributed by atoms with Gasteiger partial charge >= 0.3 is 0 Å². The highest BCUT2D eigenvalue weighted by atomic mass is 32.2. The molecular formula is C29H33FN2O4S. The molecule has 6 nitrogen and oxygen atoms in total. The van der Waals surface area contributed by atoms with Gasteiger partial charge in [0.1, 0.15) is 28.3 Å². The molecule has 0 amide bonds. The van der Waals surface area contributed by atoms with Gasteiger partial charge in [-0.25, -0.2) is 12.8 Å². The first-order valence-corrected chi connectivity index (χ1v) is 14.2. The molecule has 1 fully saturated rings. The molecule has 2 heterocycles. The highest BCUT2D eigenvalue weighted by molar-refractivity contribution is 7.91. The van der Waals surface area contributed by atoms with Crippen LogP contribution in [0.2, 0.25) is 0 Å². The number of ether oxygens (including phenoxy) is 2. The Morgan fingerprint density at radius 2 is 1.49 bits per heavy atom. The summed E-state index contributed by atoms with van der Waals surface area (Å²) in [6.45, 7) is 3.44. The number of rotatable bonds is 6. The van der Waals surface area contributed by atoms with Crippen molar-refractivity contribution in [2.24, 2.45) is 0 Å². The van der Waals surface area contributed by atoms with Crippen molar-refractivity contribution in [1.29, 1.82) is 0 Å². The first-order valence-electron chi connectivity index (χ1n) is 12.7. The van der Waals surface area contributed by atoms with Crippen molar-refractivity contribution in [3.8, 4) is 11.5 Å². The Bertz CT molecular complexity index is 1340. The molecule has 0 radical (unpaired) electrons. The van der Waals surface area contributed by atoms with Crippen LogP contribution in [-0.4, -0.2) is 59.8 Å². The molecule has 8 heteroatoms. The van der Waals surface area contributed by atoms with Crippen LogP contribution in [-0.2, 0) is 22.7 Å². The number of hydrogen-bond acceptors (Lipinski definition) is 6. The summed E-state index contributed by atoms with van der Waals surface area (Å²) in [4.78, 5) is 4.98. The average molecular weight is 525 g/mol. The van der Waals surface area contributed by atoms with Crippen molar-refractivity contribution in [3.63, 3.8) is 0 Å². The summed E-state index contributed by atoms with van der Waals surface area (Å²) < 4.78 is 51.9. The molecule has 0 spiro atoms. The van der Waals surface area contributed by atoms with Crippen molar-refractivity contribution in [1.82, 2.24) is 4.90 Å². The summed E-state index contributed by atoms with van der Waals surface area (Å²) in [6, 6.07) is 16.9. The molecule has 37 heavy (non-hydrogen) atoms. The van der Waals surface area contributed by atoms with Gasteiger partial charge in [0.05, 0.1) is 12.0 Å². The summed E-state index contributed by atoms with van der Waals surface area (Å²) in [5, 5.41) is 0. The van der Waals surface area contributed by atoms with E-state index in [0.717, 1.165) is 68.7 Å². The maximum Gasteiger partial charge on any atom is 0.210 e. The third kappa shape index (κ3) is 5.60. The van der Waals surface area contributed by atoms with Crippen LogP contribution in [0.3, 0.4) is 0 Å². The zero-order chi connectivity index (χ0) is 26.0. The van der Waals surface area contributed by atoms with E-state index in [2.05, 4.69) is 16.8 Å². The molecule has 0 N–H and O–H groups in total. The Morgan fingerprint density at radius 1 is 0.865 bits per heavy atom. The van der Waals surface area contributed by atoms with Gasteiger partial charge in [0.2, 0.25) is 9.84 Å². The Hall–Kier alpha value is -3.10.